The predicted molar refractivity (Wildman–Crippen MR) is 113 cm³/mol. The van der Waals surface area contributed by atoms with Gasteiger partial charge >= 0.3 is 0 Å². The Morgan fingerprint density at radius 3 is 2.59 bits per heavy atom. The summed E-state index contributed by atoms with van der Waals surface area (Å²) in [5.41, 5.74) is 2.13. The fraction of sp³-hybridized carbons (Fsp3) is 0.227. The Morgan fingerprint density at radius 2 is 1.83 bits per heavy atom. The number of methoxy groups -OCH3 is 1. The van der Waals surface area contributed by atoms with Crippen molar-refractivity contribution in [1.29, 1.82) is 0 Å². The van der Waals surface area contributed by atoms with Gasteiger partial charge in [0.15, 0.2) is 0 Å². The van der Waals surface area contributed by atoms with Gasteiger partial charge < -0.3 is 19.9 Å². The summed E-state index contributed by atoms with van der Waals surface area (Å²) >= 11 is 0. The lowest BCUT2D eigenvalue weighted by atomic mass is 10.2. The molecule has 1 aromatic carbocycles. The van der Waals surface area contributed by atoms with Crippen molar-refractivity contribution in [3.05, 3.63) is 72.7 Å². The topological polar surface area (TPSA) is 70.6 Å². The van der Waals surface area contributed by atoms with Gasteiger partial charge in [0.05, 0.1) is 30.2 Å². The average molecular weight is 389 g/mol. The Bertz CT molecular complexity index is 972. The molecule has 1 aliphatic rings. The van der Waals surface area contributed by atoms with Gasteiger partial charge in [-0.25, -0.2) is 4.98 Å². The van der Waals surface area contributed by atoms with Gasteiger partial charge in [-0.15, -0.1) is 0 Å². The van der Waals surface area contributed by atoms with Crippen molar-refractivity contribution in [2.45, 2.75) is 0 Å². The van der Waals surface area contributed by atoms with Gasteiger partial charge in [0.2, 0.25) is 0 Å². The molecule has 1 saturated heterocycles. The molecule has 148 valence electrons. The maximum absolute atomic E-state index is 13.0. The van der Waals surface area contributed by atoms with Crippen LogP contribution in [0.5, 0.6) is 5.75 Å². The van der Waals surface area contributed by atoms with Gasteiger partial charge in [-0.05, 0) is 30.3 Å². The number of piperazine rings is 1. The molecule has 7 heteroatoms. The third kappa shape index (κ3) is 4.29. The van der Waals surface area contributed by atoms with Crippen molar-refractivity contribution in [3.8, 4) is 5.75 Å². The van der Waals surface area contributed by atoms with Crippen LogP contribution in [0.4, 0.5) is 17.2 Å². The van der Waals surface area contributed by atoms with Crippen molar-refractivity contribution in [2.75, 3.05) is 43.5 Å². The van der Waals surface area contributed by atoms with E-state index in [1.54, 1.807) is 25.7 Å². The molecule has 4 rings (SSSR count). The summed E-state index contributed by atoms with van der Waals surface area (Å²) in [6.07, 6.45) is 5.10. The van der Waals surface area contributed by atoms with Crippen molar-refractivity contribution >= 4 is 23.1 Å². The molecule has 0 aliphatic carbocycles. The van der Waals surface area contributed by atoms with Crippen molar-refractivity contribution in [1.82, 2.24) is 14.9 Å². The van der Waals surface area contributed by atoms with Crippen LogP contribution in [0.15, 0.2) is 67.1 Å². The molecule has 7 nitrogen and oxygen atoms in total. The number of hydrogen-bond acceptors (Lipinski definition) is 6. The normalized spacial score (nSPS) is 13.8. The molecule has 0 saturated carbocycles. The minimum Gasteiger partial charge on any atom is -0.495 e. The number of aromatic nitrogens is 2. The number of pyridine rings is 2. The second kappa shape index (κ2) is 8.60. The number of carbonyl (C=O) groups is 1. The molecule has 0 spiro atoms. The number of rotatable bonds is 5. The molecule has 3 heterocycles. The first kappa shape index (κ1) is 18.7. The zero-order valence-corrected chi connectivity index (χ0v) is 16.3. The molecule has 0 unspecified atom stereocenters. The Kier molecular flexibility index (Phi) is 5.56. The zero-order chi connectivity index (χ0) is 20.1. The summed E-state index contributed by atoms with van der Waals surface area (Å²) in [6, 6.07) is 15.3. The number of hydrogen-bond donors (Lipinski definition) is 1. The number of para-hydroxylation sites is 2. The van der Waals surface area contributed by atoms with Crippen molar-refractivity contribution in [2.24, 2.45) is 0 Å². The fourth-order valence-corrected chi connectivity index (χ4v) is 3.39. The summed E-state index contributed by atoms with van der Waals surface area (Å²) in [6.45, 7) is 2.82. The molecule has 1 aliphatic heterocycles. The lowest BCUT2D eigenvalue weighted by Crippen LogP contribution is -2.49. The molecule has 1 amide bonds. The maximum atomic E-state index is 13.0. The Hall–Kier alpha value is -3.61. The number of ether oxygens (including phenoxy) is 1. The van der Waals surface area contributed by atoms with Crippen LogP contribution in [0.25, 0.3) is 0 Å². The SMILES string of the molecule is COc1ccccc1Nc1cncc(C(=O)N2CCN(c3ccccn3)CC2)c1. The third-order valence-electron chi connectivity index (χ3n) is 4.91. The molecule has 29 heavy (non-hydrogen) atoms. The molecule has 0 bridgehead atoms. The molecule has 0 atom stereocenters. The summed E-state index contributed by atoms with van der Waals surface area (Å²) in [5.74, 6) is 1.67. The number of nitrogens with zero attached hydrogens (tertiary/aromatic N) is 4. The molecule has 0 radical (unpaired) electrons. The third-order valence-corrected chi connectivity index (χ3v) is 4.91. The second-order valence-electron chi connectivity index (χ2n) is 6.75. The zero-order valence-electron chi connectivity index (χ0n) is 16.3. The van der Waals surface area contributed by atoms with Crippen LogP contribution in [0.1, 0.15) is 10.4 Å². The van der Waals surface area contributed by atoms with Gasteiger partial charge in [0, 0.05) is 38.6 Å². The van der Waals surface area contributed by atoms with Crippen LogP contribution in [0.2, 0.25) is 0 Å². The Balaban J connectivity index is 1.43. The van der Waals surface area contributed by atoms with Gasteiger partial charge in [-0.1, -0.05) is 18.2 Å². The first-order valence-corrected chi connectivity index (χ1v) is 9.55. The highest BCUT2D eigenvalue weighted by atomic mass is 16.5. The van der Waals surface area contributed by atoms with Gasteiger partial charge in [-0.2, -0.15) is 0 Å². The van der Waals surface area contributed by atoms with E-state index in [4.69, 9.17) is 4.74 Å². The van der Waals surface area contributed by atoms with Gasteiger partial charge in [0.25, 0.3) is 5.91 Å². The van der Waals surface area contributed by atoms with E-state index in [0.717, 1.165) is 36.0 Å². The van der Waals surface area contributed by atoms with E-state index >= 15 is 0 Å². The summed E-state index contributed by atoms with van der Waals surface area (Å²) in [7, 11) is 1.63. The van der Waals surface area contributed by atoms with E-state index in [2.05, 4.69) is 20.2 Å². The second-order valence-corrected chi connectivity index (χ2v) is 6.75. The molecular formula is C22H23N5O2. The molecular weight excluding hydrogens is 366 g/mol. The predicted octanol–water partition coefficient (Wildman–Crippen LogP) is 3.19. The summed E-state index contributed by atoms with van der Waals surface area (Å²) < 4.78 is 5.37. The highest BCUT2D eigenvalue weighted by Crippen LogP contribution is 2.27. The minimum absolute atomic E-state index is 0.0122. The molecule has 3 aromatic rings. The number of carbonyl (C=O) groups excluding carboxylic acids is 1. The van der Waals surface area contributed by atoms with E-state index in [1.807, 2.05) is 53.4 Å². The highest BCUT2D eigenvalue weighted by Gasteiger charge is 2.23. The number of nitrogens with one attached hydrogen (secondary N) is 1. The van der Waals surface area contributed by atoms with Crippen LogP contribution in [-0.4, -0.2) is 54.1 Å². The monoisotopic (exact) mass is 389 g/mol. The first-order chi connectivity index (χ1) is 14.2. The van der Waals surface area contributed by atoms with E-state index < -0.39 is 0 Å². The summed E-state index contributed by atoms with van der Waals surface area (Å²) in [4.78, 5) is 25.7. The first-order valence-electron chi connectivity index (χ1n) is 9.55. The largest absolute Gasteiger partial charge is 0.495 e. The number of benzene rings is 1. The van der Waals surface area contributed by atoms with E-state index in [9.17, 15) is 4.79 Å². The maximum Gasteiger partial charge on any atom is 0.255 e. The van der Waals surface area contributed by atoms with E-state index in [0.29, 0.717) is 18.7 Å². The lowest BCUT2D eigenvalue weighted by molar-refractivity contribution is 0.0746. The van der Waals surface area contributed by atoms with Crippen LogP contribution in [0.3, 0.4) is 0 Å². The fourth-order valence-electron chi connectivity index (χ4n) is 3.39. The number of amides is 1. The highest BCUT2D eigenvalue weighted by molar-refractivity contribution is 5.95. The minimum atomic E-state index is -0.0122. The lowest BCUT2D eigenvalue weighted by Gasteiger charge is -2.35. The molecule has 2 aromatic heterocycles. The van der Waals surface area contributed by atoms with Crippen molar-refractivity contribution < 1.29 is 9.53 Å². The van der Waals surface area contributed by atoms with E-state index in [1.165, 1.54) is 0 Å². The van der Waals surface area contributed by atoms with Crippen LogP contribution < -0.4 is 15.0 Å². The summed E-state index contributed by atoms with van der Waals surface area (Å²) in [5, 5.41) is 3.28. The smallest absolute Gasteiger partial charge is 0.255 e. The number of anilines is 3. The van der Waals surface area contributed by atoms with E-state index in [-0.39, 0.29) is 5.91 Å². The molecule has 1 fully saturated rings. The van der Waals surface area contributed by atoms with Crippen LogP contribution in [0, 0.1) is 0 Å². The average Bonchev–Trinajstić information content (AvgIpc) is 2.80. The van der Waals surface area contributed by atoms with Crippen LogP contribution in [-0.2, 0) is 0 Å². The Morgan fingerprint density at radius 1 is 1.03 bits per heavy atom. The van der Waals surface area contributed by atoms with Crippen molar-refractivity contribution in [3.63, 3.8) is 0 Å². The van der Waals surface area contributed by atoms with Gasteiger partial charge in [-0.3, -0.25) is 9.78 Å². The standard InChI is InChI=1S/C22H23N5O2/c1-29-20-7-3-2-6-19(20)25-18-14-17(15-23-16-18)22(28)27-12-10-26(11-13-27)21-8-4-5-9-24-21/h2-9,14-16,25H,10-13H2,1H3. The molecule has 1 N–H and O–H groups in total. The van der Waals surface area contributed by atoms with Gasteiger partial charge in [0.1, 0.15) is 11.6 Å². The Labute approximate surface area is 170 Å². The quantitative estimate of drug-likeness (QED) is 0.723. The van der Waals surface area contributed by atoms with Crippen LogP contribution >= 0.6 is 0 Å².